The molecule has 1 aliphatic rings. The Hall–Kier alpha value is -2.12. The van der Waals surface area contributed by atoms with Gasteiger partial charge in [0.15, 0.2) is 0 Å². The monoisotopic (exact) mass is 437 g/mol. The van der Waals surface area contributed by atoms with E-state index in [-0.39, 0.29) is 16.6 Å². The molecule has 136 valence electrons. The van der Waals surface area contributed by atoms with Gasteiger partial charge in [0.25, 0.3) is 11.6 Å². The van der Waals surface area contributed by atoms with Crippen molar-refractivity contribution in [3.63, 3.8) is 0 Å². The number of rotatable bonds is 4. The van der Waals surface area contributed by atoms with Crippen molar-refractivity contribution in [1.82, 2.24) is 0 Å². The highest BCUT2D eigenvalue weighted by Crippen LogP contribution is 2.38. The summed E-state index contributed by atoms with van der Waals surface area (Å²) in [6.45, 7) is 1.51. The van der Waals surface area contributed by atoms with Crippen molar-refractivity contribution in [2.75, 3.05) is 23.3 Å². The number of anilines is 2. The lowest BCUT2D eigenvalue weighted by atomic mass is 10.1. The van der Waals surface area contributed by atoms with E-state index in [1.165, 1.54) is 6.07 Å². The van der Waals surface area contributed by atoms with Crippen LogP contribution >= 0.6 is 27.5 Å². The summed E-state index contributed by atoms with van der Waals surface area (Å²) in [6, 6.07) is 9.82. The second-order valence-corrected chi connectivity index (χ2v) is 7.41. The summed E-state index contributed by atoms with van der Waals surface area (Å²) < 4.78 is 0.870. The van der Waals surface area contributed by atoms with Gasteiger partial charge in [-0.1, -0.05) is 27.5 Å². The maximum atomic E-state index is 12.5. The van der Waals surface area contributed by atoms with Gasteiger partial charge in [0.1, 0.15) is 5.69 Å². The fourth-order valence-corrected chi connectivity index (χ4v) is 3.45. The molecule has 1 N–H and O–H groups in total. The SMILES string of the molecule is O=C(Nc1cc(N2CCCCC2)c([N+](=O)[O-])cc1Cl)c1ccc(Br)cc1. The first-order chi connectivity index (χ1) is 12.5. The number of nitro groups is 1. The second-order valence-electron chi connectivity index (χ2n) is 6.09. The number of hydrogen-bond acceptors (Lipinski definition) is 4. The van der Waals surface area contributed by atoms with Crippen molar-refractivity contribution in [1.29, 1.82) is 0 Å². The van der Waals surface area contributed by atoms with Crippen LogP contribution in [0, 0.1) is 10.1 Å². The number of piperidine rings is 1. The Labute approximate surface area is 164 Å². The number of carbonyl (C=O) groups excluding carboxylic acids is 1. The maximum Gasteiger partial charge on any atom is 0.294 e. The van der Waals surface area contributed by atoms with E-state index < -0.39 is 4.92 Å². The number of nitro benzene ring substituents is 1. The topological polar surface area (TPSA) is 75.5 Å². The van der Waals surface area contributed by atoms with E-state index in [9.17, 15) is 14.9 Å². The molecule has 1 fully saturated rings. The Kier molecular flexibility index (Phi) is 5.78. The lowest BCUT2D eigenvalue weighted by Crippen LogP contribution is -2.30. The van der Waals surface area contributed by atoms with Crippen LogP contribution in [-0.4, -0.2) is 23.9 Å². The van der Waals surface area contributed by atoms with Gasteiger partial charge in [0.05, 0.1) is 15.6 Å². The Morgan fingerprint density at radius 3 is 2.42 bits per heavy atom. The molecule has 0 unspecified atom stereocenters. The minimum Gasteiger partial charge on any atom is -0.366 e. The summed E-state index contributed by atoms with van der Waals surface area (Å²) in [5.74, 6) is -0.321. The Morgan fingerprint density at radius 1 is 1.15 bits per heavy atom. The van der Waals surface area contributed by atoms with Crippen molar-refractivity contribution in [2.45, 2.75) is 19.3 Å². The van der Waals surface area contributed by atoms with Crippen LogP contribution in [0.25, 0.3) is 0 Å². The molecule has 1 aliphatic heterocycles. The zero-order valence-electron chi connectivity index (χ0n) is 13.9. The summed E-state index contributed by atoms with van der Waals surface area (Å²) >= 11 is 9.52. The summed E-state index contributed by atoms with van der Waals surface area (Å²) in [5, 5.41) is 14.3. The van der Waals surface area contributed by atoms with Crippen LogP contribution in [0.3, 0.4) is 0 Å². The van der Waals surface area contributed by atoms with E-state index in [4.69, 9.17) is 11.6 Å². The zero-order chi connectivity index (χ0) is 18.7. The summed E-state index contributed by atoms with van der Waals surface area (Å²) in [6.07, 6.45) is 3.09. The summed E-state index contributed by atoms with van der Waals surface area (Å²) in [4.78, 5) is 25.4. The minimum absolute atomic E-state index is 0.0430. The lowest BCUT2D eigenvalue weighted by Gasteiger charge is -2.29. The number of carbonyl (C=O) groups is 1. The van der Waals surface area contributed by atoms with Crippen LogP contribution in [0.4, 0.5) is 17.1 Å². The Morgan fingerprint density at radius 2 is 1.81 bits per heavy atom. The Balaban J connectivity index is 1.92. The van der Waals surface area contributed by atoms with E-state index in [0.29, 0.717) is 16.9 Å². The highest BCUT2D eigenvalue weighted by atomic mass is 79.9. The molecule has 0 aromatic heterocycles. The van der Waals surface area contributed by atoms with E-state index >= 15 is 0 Å². The molecule has 2 aromatic rings. The van der Waals surface area contributed by atoms with Crippen molar-refractivity contribution in [3.05, 3.63) is 61.6 Å². The van der Waals surface area contributed by atoms with Gasteiger partial charge in [-0.05, 0) is 49.6 Å². The zero-order valence-corrected chi connectivity index (χ0v) is 16.2. The van der Waals surface area contributed by atoms with Gasteiger partial charge in [0.2, 0.25) is 0 Å². The third-order valence-corrected chi connectivity index (χ3v) is 5.15. The average molecular weight is 439 g/mol. The molecule has 0 radical (unpaired) electrons. The van der Waals surface area contributed by atoms with E-state index in [2.05, 4.69) is 21.2 Å². The van der Waals surface area contributed by atoms with E-state index in [1.54, 1.807) is 30.3 Å². The van der Waals surface area contributed by atoms with Gasteiger partial charge < -0.3 is 10.2 Å². The third-order valence-electron chi connectivity index (χ3n) is 4.31. The molecule has 1 heterocycles. The van der Waals surface area contributed by atoms with Crippen LogP contribution < -0.4 is 10.2 Å². The summed E-state index contributed by atoms with van der Waals surface area (Å²) in [7, 11) is 0. The van der Waals surface area contributed by atoms with Crippen LogP contribution in [-0.2, 0) is 0 Å². The predicted molar refractivity (Wildman–Crippen MR) is 106 cm³/mol. The molecule has 3 rings (SSSR count). The number of benzene rings is 2. The number of hydrogen-bond donors (Lipinski definition) is 1. The molecule has 26 heavy (non-hydrogen) atoms. The van der Waals surface area contributed by atoms with Gasteiger partial charge in [-0.3, -0.25) is 14.9 Å². The van der Waals surface area contributed by atoms with Crippen LogP contribution in [0.5, 0.6) is 0 Å². The van der Waals surface area contributed by atoms with Crippen molar-refractivity contribution in [2.24, 2.45) is 0 Å². The maximum absolute atomic E-state index is 12.5. The van der Waals surface area contributed by atoms with Crippen LogP contribution in [0.15, 0.2) is 40.9 Å². The first-order valence-electron chi connectivity index (χ1n) is 8.25. The minimum atomic E-state index is -0.434. The van der Waals surface area contributed by atoms with E-state index in [0.717, 1.165) is 36.8 Å². The number of halogens is 2. The van der Waals surface area contributed by atoms with Crippen molar-refractivity contribution < 1.29 is 9.72 Å². The molecular weight excluding hydrogens is 422 g/mol. The molecule has 6 nitrogen and oxygen atoms in total. The number of nitrogens with zero attached hydrogens (tertiary/aromatic N) is 2. The number of nitrogens with one attached hydrogen (secondary N) is 1. The number of amides is 1. The molecule has 0 atom stereocenters. The molecule has 0 aliphatic carbocycles. The molecular formula is C18H17BrClN3O3. The van der Waals surface area contributed by atoms with Crippen molar-refractivity contribution in [3.8, 4) is 0 Å². The second kappa shape index (κ2) is 8.05. The van der Waals surface area contributed by atoms with Crippen LogP contribution in [0.1, 0.15) is 29.6 Å². The van der Waals surface area contributed by atoms with Gasteiger partial charge in [0, 0.05) is 29.2 Å². The molecule has 0 saturated carbocycles. The first kappa shape index (κ1) is 18.7. The largest absolute Gasteiger partial charge is 0.366 e. The third kappa shape index (κ3) is 4.16. The van der Waals surface area contributed by atoms with E-state index in [1.807, 2.05) is 4.90 Å². The molecule has 0 bridgehead atoms. The molecule has 1 amide bonds. The average Bonchev–Trinajstić information content (AvgIpc) is 2.64. The predicted octanol–water partition coefficient (Wildman–Crippen LogP) is 5.25. The van der Waals surface area contributed by atoms with Gasteiger partial charge in [-0.15, -0.1) is 0 Å². The lowest BCUT2D eigenvalue weighted by molar-refractivity contribution is -0.384. The Bertz CT molecular complexity index is 836. The van der Waals surface area contributed by atoms with Crippen LogP contribution in [0.2, 0.25) is 5.02 Å². The highest BCUT2D eigenvalue weighted by Gasteiger charge is 2.24. The molecule has 2 aromatic carbocycles. The van der Waals surface area contributed by atoms with Gasteiger partial charge >= 0.3 is 0 Å². The summed E-state index contributed by atoms with van der Waals surface area (Å²) in [5.41, 5.74) is 1.29. The molecule has 1 saturated heterocycles. The smallest absolute Gasteiger partial charge is 0.294 e. The van der Waals surface area contributed by atoms with Gasteiger partial charge in [-0.2, -0.15) is 0 Å². The highest BCUT2D eigenvalue weighted by molar-refractivity contribution is 9.10. The van der Waals surface area contributed by atoms with Gasteiger partial charge in [-0.25, -0.2) is 0 Å². The fraction of sp³-hybridized carbons (Fsp3) is 0.278. The molecule has 8 heteroatoms. The quantitative estimate of drug-likeness (QED) is 0.522. The normalized spacial score (nSPS) is 14.2. The fourth-order valence-electron chi connectivity index (χ4n) is 2.98. The van der Waals surface area contributed by atoms with Crippen molar-refractivity contribution >= 4 is 50.5 Å². The standard InChI is InChI=1S/C18H17BrClN3O3/c19-13-6-4-12(5-7-13)18(24)21-15-11-16(22-8-2-1-3-9-22)17(23(25)26)10-14(15)20/h4-7,10-11H,1-3,8-9H2,(H,21,24). The first-order valence-corrected chi connectivity index (χ1v) is 9.42. The molecule has 0 spiro atoms.